The van der Waals surface area contributed by atoms with Crippen LogP contribution in [0.15, 0.2) is 22.9 Å². The van der Waals surface area contributed by atoms with Gasteiger partial charge in [0.1, 0.15) is 11.3 Å². The molecule has 7 nitrogen and oxygen atoms in total. The van der Waals surface area contributed by atoms with Crippen molar-refractivity contribution in [2.24, 2.45) is 0 Å². The van der Waals surface area contributed by atoms with Crippen LogP contribution in [-0.4, -0.2) is 28.1 Å². The largest absolute Gasteiger partial charge is 0.449 e. The second-order valence-electron chi connectivity index (χ2n) is 4.79. The van der Waals surface area contributed by atoms with E-state index in [9.17, 15) is 9.59 Å². The van der Waals surface area contributed by atoms with Crippen molar-refractivity contribution >= 4 is 29.2 Å². The fraction of sp³-hybridized carbons (Fsp3) is 0.333. The summed E-state index contributed by atoms with van der Waals surface area (Å²) in [5.41, 5.74) is 1.10. The molecule has 8 heteroatoms. The smallest absolute Gasteiger partial charge is 0.344 e. The lowest BCUT2D eigenvalue weighted by atomic mass is 10.1. The van der Waals surface area contributed by atoms with Crippen molar-refractivity contribution in [3.8, 4) is 0 Å². The normalized spacial score (nSPS) is 11.8. The van der Waals surface area contributed by atoms with E-state index in [0.29, 0.717) is 23.6 Å². The molecule has 0 fully saturated rings. The number of ether oxygens (including phenoxy) is 1. The van der Waals surface area contributed by atoms with Crippen molar-refractivity contribution in [2.75, 3.05) is 5.32 Å². The number of carbonyl (C=O) groups is 2. The lowest BCUT2D eigenvalue weighted by Crippen LogP contribution is -2.30. The number of aromatic nitrogens is 2. The Morgan fingerprint density at radius 1 is 1.48 bits per heavy atom. The van der Waals surface area contributed by atoms with Gasteiger partial charge in [-0.15, -0.1) is 0 Å². The quantitative estimate of drug-likeness (QED) is 0.666. The van der Waals surface area contributed by atoms with Gasteiger partial charge in [0.15, 0.2) is 11.3 Å². The molecule has 2 rings (SSSR count). The molecule has 0 aliphatic heterocycles. The highest BCUT2D eigenvalue weighted by Gasteiger charge is 2.25. The maximum absolute atomic E-state index is 12.2. The molecule has 1 amide bonds. The second kappa shape index (κ2) is 7.23. The summed E-state index contributed by atoms with van der Waals surface area (Å²) >= 11 is 5.87. The van der Waals surface area contributed by atoms with Gasteiger partial charge in [0, 0.05) is 6.20 Å². The van der Waals surface area contributed by atoms with E-state index < -0.39 is 18.0 Å². The van der Waals surface area contributed by atoms with Crippen LogP contribution in [0, 0.1) is 6.92 Å². The molecule has 23 heavy (non-hydrogen) atoms. The van der Waals surface area contributed by atoms with Crippen LogP contribution in [0.25, 0.3) is 0 Å². The third-order valence-corrected chi connectivity index (χ3v) is 3.44. The number of pyridine rings is 1. The molecule has 0 aromatic carbocycles. The number of nitrogens with one attached hydrogen (secondary N) is 1. The van der Waals surface area contributed by atoms with Gasteiger partial charge in [0.05, 0.1) is 11.4 Å². The van der Waals surface area contributed by atoms with E-state index in [-0.39, 0.29) is 10.7 Å². The van der Waals surface area contributed by atoms with E-state index >= 15 is 0 Å². The van der Waals surface area contributed by atoms with Crippen LogP contribution in [-0.2, 0) is 16.0 Å². The molecule has 0 spiro atoms. The predicted molar refractivity (Wildman–Crippen MR) is 83.4 cm³/mol. The third kappa shape index (κ3) is 3.87. The Morgan fingerprint density at radius 2 is 2.22 bits per heavy atom. The summed E-state index contributed by atoms with van der Waals surface area (Å²) in [6, 6.07) is 3.23. The number of rotatable bonds is 5. The Labute approximate surface area is 138 Å². The van der Waals surface area contributed by atoms with Gasteiger partial charge in [-0.05, 0) is 32.4 Å². The summed E-state index contributed by atoms with van der Waals surface area (Å²) in [6.07, 6.45) is 1.01. The summed E-state index contributed by atoms with van der Waals surface area (Å²) in [7, 11) is 0. The summed E-state index contributed by atoms with van der Waals surface area (Å²) in [5.74, 6) is -0.810. The van der Waals surface area contributed by atoms with Crippen molar-refractivity contribution in [1.29, 1.82) is 0 Å². The Kier molecular flexibility index (Phi) is 5.33. The summed E-state index contributed by atoms with van der Waals surface area (Å²) in [5, 5.41) is 6.49. The van der Waals surface area contributed by atoms with E-state index in [1.165, 1.54) is 13.1 Å². The number of halogens is 1. The first-order valence-electron chi connectivity index (χ1n) is 7.01. The average molecular weight is 338 g/mol. The molecule has 122 valence electrons. The number of nitrogens with zero attached hydrogens (tertiary/aromatic N) is 2. The van der Waals surface area contributed by atoms with Gasteiger partial charge >= 0.3 is 5.97 Å². The molecule has 2 aromatic heterocycles. The summed E-state index contributed by atoms with van der Waals surface area (Å²) < 4.78 is 10.2. The molecule has 1 atom stereocenters. The number of hydrogen-bond donors (Lipinski definition) is 1. The lowest BCUT2D eigenvalue weighted by molar-refractivity contribution is -0.123. The Bertz CT molecular complexity index is 729. The lowest BCUT2D eigenvalue weighted by Gasteiger charge is -2.13. The molecule has 0 aliphatic carbocycles. The number of aryl methyl sites for hydroxylation is 2. The number of hydrogen-bond acceptors (Lipinski definition) is 6. The summed E-state index contributed by atoms with van der Waals surface area (Å²) in [6.45, 7) is 4.92. The van der Waals surface area contributed by atoms with Crippen LogP contribution in [0.2, 0.25) is 5.15 Å². The van der Waals surface area contributed by atoms with Gasteiger partial charge in [-0.25, -0.2) is 9.78 Å². The zero-order chi connectivity index (χ0) is 17.0. The first-order valence-corrected chi connectivity index (χ1v) is 7.39. The maximum Gasteiger partial charge on any atom is 0.344 e. The Balaban J connectivity index is 2.05. The van der Waals surface area contributed by atoms with Crippen LogP contribution in [0.1, 0.15) is 35.7 Å². The number of amides is 1. The molecule has 0 saturated heterocycles. The third-order valence-electron chi connectivity index (χ3n) is 3.14. The fourth-order valence-electron chi connectivity index (χ4n) is 1.91. The van der Waals surface area contributed by atoms with Crippen LogP contribution in [0.4, 0.5) is 5.69 Å². The molecule has 2 heterocycles. The van der Waals surface area contributed by atoms with Crippen molar-refractivity contribution in [1.82, 2.24) is 10.1 Å². The fourth-order valence-corrected chi connectivity index (χ4v) is 2.07. The van der Waals surface area contributed by atoms with Gasteiger partial charge in [-0.1, -0.05) is 23.7 Å². The number of anilines is 1. The maximum atomic E-state index is 12.2. The van der Waals surface area contributed by atoms with E-state index in [4.69, 9.17) is 20.9 Å². The average Bonchev–Trinajstić information content (AvgIpc) is 2.90. The molecule has 0 radical (unpaired) electrons. The van der Waals surface area contributed by atoms with E-state index in [2.05, 4.69) is 15.5 Å². The van der Waals surface area contributed by atoms with Gasteiger partial charge < -0.3 is 14.6 Å². The minimum absolute atomic E-state index is 0.155. The molecule has 0 aliphatic rings. The minimum atomic E-state index is -1.02. The van der Waals surface area contributed by atoms with Gasteiger partial charge in [0.2, 0.25) is 0 Å². The van der Waals surface area contributed by atoms with Crippen LogP contribution < -0.4 is 5.32 Å². The first kappa shape index (κ1) is 17.0. The van der Waals surface area contributed by atoms with Crippen LogP contribution in [0.3, 0.4) is 0 Å². The molecule has 0 bridgehead atoms. The molecule has 1 N–H and O–H groups in total. The topological polar surface area (TPSA) is 94.3 Å². The highest BCUT2D eigenvalue weighted by atomic mass is 35.5. The molecule has 2 aromatic rings. The SMILES string of the molecule is CCc1noc(C)c1C(=O)O[C@@H](C)C(=O)Nc1cccnc1Cl. The summed E-state index contributed by atoms with van der Waals surface area (Å²) in [4.78, 5) is 28.1. The van der Waals surface area contributed by atoms with Crippen molar-refractivity contribution < 1.29 is 18.8 Å². The highest BCUT2D eigenvalue weighted by molar-refractivity contribution is 6.32. The van der Waals surface area contributed by atoms with Crippen molar-refractivity contribution in [3.05, 3.63) is 40.5 Å². The van der Waals surface area contributed by atoms with Crippen molar-refractivity contribution in [3.63, 3.8) is 0 Å². The highest BCUT2D eigenvalue weighted by Crippen LogP contribution is 2.19. The van der Waals surface area contributed by atoms with E-state index in [1.54, 1.807) is 19.1 Å². The Hall–Kier alpha value is -2.41. The van der Waals surface area contributed by atoms with E-state index in [0.717, 1.165) is 0 Å². The number of carbonyl (C=O) groups excluding carboxylic acids is 2. The molecular formula is C15H16ClN3O4. The zero-order valence-electron chi connectivity index (χ0n) is 12.9. The zero-order valence-corrected chi connectivity index (χ0v) is 13.7. The molecule has 0 unspecified atom stereocenters. The monoisotopic (exact) mass is 337 g/mol. The second-order valence-corrected chi connectivity index (χ2v) is 5.15. The molecule has 0 saturated carbocycles. The van der Waals surface area contributed by atoms with Gasteiger partial charge in [0.25, 0.3) is 5.91 Å². The molecular weight excluding hydrogens is 322 g/mol. The van der Waals surface area contributed by atoms with E-state index in [1.807, 2.05) is 6.92 Å². The minimum Gasteiger partial charge on any atom is -0.449 e. The standard InChI is InChI=1S/C15H16ClN3O4/c1-4-10-12(8(2)23-19-10)15(21)22-9(3)14(20)18-11-6-5-7-17-13(11)16/h5-7,9H,4H2,1-3H3,(H,18,20)/t9-/m0/s1. The van der Waals surface area contributed by atoms with Crippen LogP contribution >= 0.6 is 11.6 Å². The predicted octanol–water partition coefficient (Wildman–Crippen LogP) is 2.78. The van der Waals surface area contributed by atoms with Crippen LogP contribution in [0.5, 0.6) is 0 Å². The Morgan fingerprint density at radius 3 is 2.87 bits per heavy atom. The number of esters is 1. The van der Waals surface area contributed by atoms with Gasteiger partial charge in [-0.2, -0.15) is 0 Å². The van der Waals surface area contributed by atoms with Gasteiger partial charge in [-0.3, -0.25) is 4.79 Å². The first-order chi connectivity index (χ1) is 10.9. The van der Waals surface area contributed by atoms with Crippen molar-refractivity contribution in [2.45, 2.75) is 33.3 Å².